The van der Waals surface area contributed by atoms with Gasteiger partial charge in [-0.15, -0.1) is 0 Å². The predicted molar refractivity (Wildman–Crippen MR) is 74.9 cm³/mol. The lowest BCUT2D eigenvalue weighted by atomic mass is 10.3. The van der Waals surface area contributed by atoms with Crippen LogP contribution in [0.5, 0.6) is 11.5 Å². The molecule has 0 aliphatic rings. The van der Waals surface area contributed by atoms with Gasteiger partial charge in [0.05, 0.1) is 11.6 Å². The van der Waals surface area contributed by atoms with Crippen molar-refractivity contribution in [2.75, 3.05) is 7.11 Å². The molecule has 0 amide bonds. The second kappa shape index (κ2) is 5.80. The van der Waals surface area contributed by atoms with Crippen LogP contribution in [0.3, 0.4) is 0 Å². The van der Waals surface area contributed by atoms with Crippen LogP contribution >= 0.6 is 15.9 Å². The Morgan fingerprint density at radius 2 is 1.80 bits per heavy atom. The first kappa shape index (κ1) is 14.8. The highest BCUT2D eigenvalue weighted by molar-refractivity contribution is 9.10. The third-order valence-corrected chi connectivity index (χ3v) is 4.30. The van der Waals surface area contributed by atoms with Crippen LogP contribution in [0.1, 0.15) is 0 Å². The van der Waals surface area contributed by atoms with Crippen molar-refractivity contribution in [2.45, 2.75) is 4.90 Å². The van der Waals surface area contributed by atoms with Gasteiger partial charge in [-0.2, -0.15) is 8.42 Å². The van der Waals surface area contributed by atoms with Gasteiger partial charge in [-0.05, 0) is 46.3 Å². The van der Waals surface area contributed by atoms with Crippen molar-refractivity contribution in [1.29, 1.82) is 0 Å². The van der Waals surface area contributed by atoms with Crippen LogP contribution < -0.4 is 8.92 Å². The molecule has 7 heteroatoms. The maximum Gasteiger partial charge on any atom is 0.339 e. The molecule has 0 atom stereocenters. The molecule has 0 saturated heterocycles. The zero-order chi connectivity index (χ0) is 14.8. The Labute approximate surface area is 124 Å². The number of hydrogen-bond donors (Lipinski definition) is 0. The summed E-state index contributed by atoms with van der Waals surface area (Å²) in [6, 6.07) is 9.41. The molecule has 0 spiro atoms. The molecule has 0 bridgehead atoms. The first-order valence-electron chi connectivity index (χ1n) is 5.46. The van der Waals surface area contributed by atoms with E-state index in [4.69, 9.17) is 8.92 Å². The van der Waals surface area contributed by atoms with E-state index in [0.29, 0.717) is 10.2 Å². The number of para-hydroxylation sites is 1. The van der Waals surface area contributed by atoms with E-state index in [1.165, 1.54) is 43.5 Å². The minimum atomic E-state index is -4.11. The van der Waals surface area contributed by atoms with Crippen LogP contribution in [0.2, 0.25) is 0 Å². The third kappa shape index (κ3) is 3.10. The summed E-state index contributed by atoms with van der Waals surface area (Å²) in [5, 5.41) is 0. The van der Waals surface area contributed by atoms with Crippen molar-refractivity contribution in [3.05, 3.63) is 52.8 Å². The van der Waals surface area contributed by atoms with Crippen LogP contribution in [0, 0.1) is 5.82 Å². The molecular formula is C13H10BrFO4S. The first-order valence-corrected chi connectivity index (χ1v) is 7.67. The Balaban J connectivity index is 2.36. The van der Waals surface area contributed by atoms with Gasteiger partial charge in [-0.3, -0.25) is 0 Å². The molecule has 0 radical (unpaired) electrons. The lowest BCUT2D eigenvalue weighted by Gasteiger charge is -2.09. The molecule has 0 heterocycles. The standard InChI is InChI=1S/C13H10BrFO4S/c1-18-12-7-6-9(8-10(12)14)20(16,17)19-13-5-3-2-4-11(13)15/h2-8H,1H3. The van der Waals surface area contributed by atoms with Gasteiger partial charge >= 0.3 is 10.1 Å². The van der Waals surface area contributed by atoms with Crippen molar-refractivity contribution in [1.82, 2.24) is 0 Å². The maximum absolute atomic E-state index is 13.4. The van der Waals surface area contributed by atoms with Crippen LogP contribution in [-0.2, 0) is 10.1 Å². The summed E-state index contributed by atoms with van der Waals surface area (Å²) < 4.78 is 47.8. The van der Waals surface area contributed by atoms with Crippen LogP contribution in [-0.4, -0.2) is 15.5 Å². The van der Waals surface area contributed by atoms with Crippen molar-refractivity contribution >= 4 is 26.0 Å². The fourth-order valence-corrected chi connectivity index (χ4v) is 3.14. The number of halogens is 2. The van der Waals surface area contributed by atoms with Gasteiger partial charge in [0.25, 0.3) is 0 Å². The molecule has 106 valence electrons. The molecule has 2 rings (SSSR count). The SMILES string of the molecule is COc1ccc(S(=O)(=O)Oc2ccccc2F)cc1Br. The number of ether oxygens (including phenoxy) is 1. The molecule has 0 saturated carbocycles. The molecule has 0 aromatic heterocycles. The van der Waals surface area contributed by atoms with E-state index in [-0.39, 0.29) is 10.6 Å². The average Bonchev–Trinajstić information content (AvgIpc) is 2.41. The highest BCUT2D eigenvalue weighted by Gasteiger charge is 2.19. The molecule has 0 unspecified atom stereocenters. The highest BCUT2D eigenvalue weighted by Crippen LogP contribution is 2.29. The maximum atomic E-state index is 13.4. The average molecular weight is 361 g/mol. The van der Waals surface area contributed by atoms with E-state index in [0.717, 1.165) is 6.07 Å². The molecule has 0 aliphatic carbocycles. The Morgan fingerprint density at radius 3 is 2.40 bits per heavy atom. The Kier molecular flexibility index (Phi) is 4.29. The van der Waals surface area contributed by atoms with E-state index in [2.05, 4.69) is 15.9 Å². The Hall–Kier alpha value is -1.60. The number of hydrogen-bond acceptors (Lipinski definition) is 4. The minimum Gasteiger partial charge on any atom is -0.496 e. The van der Waals surface area contributed by atoms with Gasteiger partial charge < -0.3 is 8.92 Å². The van der Waals surface area contributed by atoms with Gasteiger partial charge in [0.1, 0.15) is 10.6 Å². The van der Waals surface area contributed by atoms with E-state index in [1.54, 1.807) is 0 Å². The van der Waals surface area contributed by atoms with Crippen LogP contribution in [0.15, 0.2) is 51.8 Å². The van der Waals surface area contributed by atoms with Crippen molar-refractivity contribution in [3.8, 4) is 11.5 Å². The summed E-state index contributed by atoms with van der Waals surface area (Å²) in [5.41, 5.74) is 0. The molecule has 20 heavy (non-hydrogen) atoms. The first-order chi connectivity index (χ1) is 9.44. The second-order valence-electron chi connectivity index (χ2n) is 3.76. The molecule has 2 aromatic carbocycles. The van der Waals surface area contributed by atoms with Gasteiger partial charge in [0.2, 0.25) is 0 Å². The Bertz CT molecular complexity index is 731. The molecule has 0 fully saturated rings. The van der Waals surface area contributed by atoms with Gasteiger partial charge in [-0.25, -0.2) is 4.39 Å². The predicted octanol–water partition coefficient (Wildman–Crippen LogP) is 3.36. The molecule has 0 N–H and O–H groups in total. The second-order valence-corrected chi connectivity index (χ2v) is 6.16. The van der Waals surface area contributed by atoms with Crippen LogP contribution in [0.25, 0.3) is 0 Å². The largest absolute Gasteiger partial charge is 0.496 e. The molecule has 0 aliphatic heterocycles. The normalized spacial score (nSPS) is 11.2. The molecular weight excluding hydrogens is 351 g/mol. The summed E-state index contributed by atoms with van der Waals surface area (Å²) in [5.74, 6) is -0.613. The quantitative estimate of drug-likeness (QED) is 0.784. The van der Waals surface area contributed by atoms with Crippen molar-refractivity contribution in [2.24, 2.45) is 0 Å². The zero-order valence-electron chi connectivity index (χ0n) is 10.3. The minimum absolute atomic E-state index is 0.103. The van der Waals surface area contributed by atoms with Crippen molar-refractivity contribution in [3.63, 3.8) is 0 Å². The molecule has 4 nitrogen and oxygen atoms in total. The number of rotatable bonds is 4. The Morgan fingerprint density at radius 1 is 1.10 bits per heavy atom. The van der Waals surface area contributed by atoms with E-state index in [9.17, 15) is 12.8 Å². The highest BCUT2D eigenvalue weighted by atomic mass is 79.9. The summed E-state index contributed by atoms with van der Waals surface area (Å²) in [6.07, 6.45) is 0. The van der Waals surface area contributed by atoms with E-state index in [1.807, 2.05) is 0 Å². The smallest absolute Gasteiger partial charge is 0.339 e. The van der Waals surface area contributed by atoms with E-state index >= 15 is 0 Å². The molecule has 2 aromatic rings. The van der Waals surface area contributed by atoms with E-state index < -0.39 is 15.9 Å². The van der Waals surface area contributed by atoms with Gasteiger partial charge in [-0.1, -0.05) is 12.1 Å². The van der Waals surface area contributed by atoms with Crippen LogP contribution in [0.4, 0.5) is 4.39 Å². The lowest BCUT2D eigenvalue weighted by molar-refractivity contribution is 0.411. The monoisotopic (exact) mass is 360 g/mol. The zero-order valence-corrected chi connectivity index (χ0v) is 12.7. The third-order valence-electron chi connectivity index (χ3n) is 2.45. The number of benzene rings is 2. The summed E-state index contributed by atoms with van der Waals surface area (Å²) >= 11 is 3.18. The van der Waals surface area contributed by atoms with Gasteiger partial charge in [0, 0.05) is 0 Å². The summed E-state index contributed by atoms with van der Waals surface area (Å²) in [7, 11) is -2.65. The van der Waals surface area contributed by atoms with Crippen molar-refractivity contribution < 1.29 is 21.7 Å². The number of methoxy groups -OCH3 is 1. The summed E-state index contributed by atoms with van der Waals surface area (Å²) in [4.78, 5) is -0.103. The topological polar surface area (TPSA) is 52.6 Å². The van der Waals surface area contributed by atoms with Gasteiger partial charge in [0.15, 0.2) is 11.6 Å². The fraction of sp³-hybridized carbons (Fsp3) is 0.0769. The lowest BCUT2D eigenvalue weighted by Crippen LogP contribution is -2.10. The summed E-state index contributed by atoms with van der Waals surface area (Å²) in [6.45, 7) is 0. The fourth-order valence-electron chi connectivity index (χ4n) is 1.48.